The number of hydrogen-bond acceptors (Lipinski definition) is 3. The fraction of sp³-hybridized carbons (Fsp3) is 0.500. The van der Waals surface area contributed by atoms with E-state index >= 15 is 0 Å². The van der Waals surface area contributed by atoms with E-state index in [2.05, 4.69) is 5.32 Å². The van der Waals surface area contributed by atoms with Crippen LogP contribution in [0.25, 0.3) is 0 Å². The van der Waals surface area contributed by atoms with Crippen molar-refractivity contribution in [3.63, 3.8) is 0 Å². The summed E-state index contributed by atoms with van der Waals surface area (Å²) < 4.78 is 0. The Bertz CT molecular complexity index is 544. The minimum atomic E-state index is -0.474. The molecule has 5 nitrogen and oxygen atoms in total. The van der Waals surface area contributed by atoms with Gasteiger partial charge in [0.05, 0.1) is 11.8 Å². The summed E-state index contributed by atoms with van der Waals surface area (Å²) in [6.07, 6.45) is 1.05. The molecule has 3 N–H and O–H groups in total. The van der Waals surface area contributed by atoms with Crippen LogP contribution < -0.4 is 11.1 Å². The molecule has 21 heavy (non-hydrogen) atoms. The number of likely N-dealkylation sites (tertiary alicyclic amines) is 1. The summed E-state index contributed by atoms with van der Waals surface area (Å²) in [5.74, 6) is 0.0590. The number of nitrogens with zero attached hydrogens (tertiary/aromatic N) is 1. The number of hydrogen-bond donors (Lipinski definition) is 2. The first-order valence-electron chi connectivity index (χ1n) is 7.27. The molecule has 1 aromatic rings. The number of nitrogens with two attached hydrogens (primary N) is 1. The largest absolute Gasteiger partial charge is 0.359 e. The predicted octanol–water partition coefficient (Wildman–Crippen LogP) is 0.672. The fourth-order valence-electron chi connectivity index (χ4n) is 2.86. The zero-order valence-electron chi connectivity index (χ0n) is 12.7. The summed E-state index contributed by atoms with van der Waals surface area (Å²) in [6, 6.07) is 7.73. The first kappa shape index (κ1) is 15.5. The van der Waals surface area contributed by atoms with Crippen molar-refractivity contribution in [2.45, 2.75) is 26.3 Å². The molecule has 1 unspecified atom stereocenters. The Morgan fingerprint density at radius 2 is 2.00 bits per heavy atom. The second-order valence-electron chi connectivity index (χ2n) is 5.85. The SMILES string of the molecule is CNC(=O)C1(C)CCN(C(=O)Cc2ccccc2CN)C1. The van der Waals surface area contributed by atoms with Crippen molar-refractivity contribution in [1.82, 2.24) is 10.2 Å². The molecule has 2 amide bonds. The third-order valence-electron chi connectivity index (χ3n) is 4.28. The summed E-state index contributed by atoms with van der Waals surface area (Å²) in [4.78, 5) is 26.1. The van der Waals surface area contributed by atoms with Crippen molar-refractivity contribution in [1.29, 1.82) is 0 Å². The molecule has 1 aliphatic heterocycles. The van der Waals surface area contributed by atoms with Gasteiger partial charge in [-0.15, -0.1) is 0 Å². The van der Waals surface area contributed by atoms with Gasteiger partial charge in [-0.05, 0) is 24.5 Å². The molecule has 0 aliphatic carbocycles. The van der Waals surface area contributed by atoms with Crippen molar-refractivity contribution in [3.05, 3.63) is 35.4 Å². The van der Waals surface area contributed by atoms with Crippen molar-refractivity contribution in [2.24, 2.45) is 11.1 Å². The van der Waals surface area contributed by atoms with E-state index in [1.807, 2.05) is 31.2 Å². The highest BCUT2D eigenvalue weighted by molar-refractivity contribution is 5.85. The fourth-order valence-corrected chi connectivity index (χ4v) is 2.86. The van der Waals surface area contributed by atoms with Crippen LogP contribution in [0.4, 0.5) is 0 Å². The first-order chi connectivity index (χ1) is 10.00. The lowest BCUT2D eigenvalue weighted by Crippen LogP contribution is -2.40. The van der Waals surface area contributed by atoms with Gasteiger partial charge in [-0.2, -0.15) is 0 Å². The van der Waals surface area contributed by atoms with E-state index in [1.54, 1.807) is 11.9 Å². The Labute approximate surface area is 125 Å². The lowest BCUT2D eigenvalue weighted by Gasteiger charge is -2.23. The zero-order chi connectivity index (χ0) is 15.5. The maximum Gasteiger partial charge on any atom is 0.227 e. The van der Waals surface area contributed by atoms with Gasteiger partial charge < -0.3 is 16.0 Å². The highest BCUT2D eigenvalue weighted by Crippen LogP contribution is 2.30. The molecule has 0 aromatic heterocycles. The van der Waals surface area contributed by atoms with Gasteiger partial charge in [0.15, 0.2) is 0 Å². The van der Waals surface area contributed by atoms with Crippen molar-refractivity contribution < 1.29 is 9.59 Å². The number of benzene rings is 1. The van der Waals surface area contributed by atoms with Crippen LogP contribution in [0.5, 0.6) is 0 Å². The van der Waals surface area contributed by atoms with Gasteiger partial charge in [0, 0.05) is 26.7 Å². The Kier molecular flexibility index (Phi) is 4.63. The van der Waals surface area contributed by atoms with Gasteiger partial charge in [-0.1, -0.05) is 24.3 Å². The second kappa shape index (κ2) is 6.26. The van der Waals surface area contributed by atoms with Crippen LogP contribution in [-0.2, 0) is 22.6 Å². The number of nitrogens with one attached hydrogen (secondary N) is 1. The standard InChI is InChI=1S/C16H23N3O2/c1-16(15(21)18-2)7-8-19(11-16)14(20)9-12-5-3-4-6-13(12)10-17/h3-6H,7-11,17H2,1-2H3,(H,18,21). The van der Waals surface area contributed by atoms with E-state index < -0.39 is 5.41 Å². The van der Waals surface area contributed by atoms with E-state index in [0.29, 0.717) is 32.5 Å². The molecular weight excluding hydrogens is 266 g/mol. The predicted molar refractivity (Wildman–Crippen MR) is 81.4 cm³/mol. The second-order valence-corrected chi connectivity index (χ2v) is 5.85. The molecule has 1 heterocycles. The number of carbonyl (C=O) groups is 2. The molecule has 1 fully saturated rings. The minimum absolute atomic E-state index is 0.000147. The molecule has 0 bridgehead atoms. The van der Waals surface area contributed by atoms with Crippen molar-refractivity contribution in [2.75, 3.05) is 20.1 Å². The highest BCUT2D eigenvalue weighted by Gasteiger charge is 2.41. The molecule has 1 atom stereocenters. The Balaban J connectivity index is 2.04. The lowest BCUT2D eigenvalue weighted by atomic mass is 9.89. The highest BCUT2D eigenvalue weighted by atomic mass is 16.2. The van der Waals surface area contributed by atoms with Crippen LogP contribution in [0.2, 0.25) is 0 Å². The van der Waals surface area contributed by atoms with E-state index in [0.717, 1.165) is 11.1 Å². The van der Waals surface area contributed by atoms with Gasteiger partial charge in [0.1, 0.15) is 0 Å². The molecule has 5 heteroatoms. The minimum Gasteiger partial charge on any atom is -0.359 e. The lowest BCUT2D eigenvalue weighted by molar-refractivity contribution is -0.132. The average Bonchev–Trinajstić information content (AvgIpc) is 2.91. The van der Waals surface area contributed by atoms with Crippen LogP contribution in [0.3, 0.4) is 0 Å². The van der Waals surface area contributed by atoms with Crippen LogP contribution >= 0.6 is 0 Å². The van der Waals surface area contributed by atoms with Crippen LogP contribution in [0.1, 0.15) is 24.5 Å². The average molecular weight is 289 g/mol. The van der Waals surface area contributed by atoms with Gasteiger partial charge in [-0.25, -0.2) is 0 Å². The topological polar surface area (TPSA) is 75.4 Å². The van der Waals surface area contributed by atoms with E-state index in [-0.39, 0.29) is 11.8 Å². The van der Waals surface area contributed by atoms with Gasteiger partial charge in [0.25, 0.3) is 0 Å². The maximum atomic E-state index is 12.4. The quantitative estimate of drug-likeness (QED) is 0.855. The molecule has 1 saturated heterocycles. The van der Waals surface area contributed by atoms with Crippen molar-refractivity contribution >= 4 is 11.8 Å². The van der Waals surface area contributed by atoms with E-state index in [1.165, 1.54) is 0 Å². The normalized spacial score (nSPS) is 21.4. The van der Waals surface area contributed by atoms with Gasteiger partial charge in [0.2, 0.25) is 11.8 Å². The Morgan fingerprint density at radius 3 is 2.62 bits per heavy atom. The van der Waals surface area contributed by atoms with Crippen LogP contribution in [0, 0.1) is 5.41 Å². The monoisotopic (exact) mass is 289 g/mol. The summed E-state index contributed by atoms with van der Waals surface area (Å²) in [7, 11) is 1.63. The van der Waals surface area contributed by atoms with Gasteiger partial charge >= 0.3 is 0 Å². The first-order valence-corrected chi connectivity index (χ1v) is 7.27. The summed E-state index contributed by atoms with van der Waals surface area (Å²) >= 11 is 0. The molecule has 0 saturated carbocycles. The van der Waals surface area contributed by atoms with E-state index in [9.17, 15) is 9.59 Å². The number of carbonyl (C=O) groups excluding carboxylic acids is 2. The van der Waals surface area contributed by atoms with Crippen LogP contribution in [0.15, 0.2) is 24.3 Å². The molecule has 2 rings (SSSR count). The smallest absolute Gasteiger partial charge is 0.227 e. The molecule has 0 radical (unpaired) electrons. The van der Waals surface area contributed by atoms with Crippen molar-refractivity contribution in [3.8, 4) is 0 Å². The summed E-state index contributed by atoms with van der Waals surface area (Å²) in [5, 5.41) is 2.68. The van der Waals surface area contributed by atoms with Gasteiger partial charge in [-0.3, -0.25) is 9.59 Å². The number of rotatable bonds is 4. The Hall–Kier alpha value is -1.88. The molecule has 1 aromatic carbocycles. The zero-order valence-corrected chi connectivity index (χ0v) is 12.7. The Morgan fingerprint density at radius 1 is 1.33 bits per heavy atom. The summed E-state index contributed by atoms with van der Waals surface area (Å²) in [5.41, 5.74) is 7.20. The molecule has 114 valence electrons. The summed E-state index contributed by atoms with van der Waals surface area (Å²) in [6.45, 7) is 3.45. The molecule has 1 aliphatic rings. The molecular formula is C16H23N3O2. The third kappa shape index (κ3) is 3.24. The van der Waals surface area contributed by atoms with E-state index in [4.69, 9.17) is 5.73 Å². The van der Waals surface area contributed by atoms with Crippen LogP contribution in [-0.4, -0.2) is 36.9 Å². The maximum absolute atomic E-state index is 12.4. The number of amides is 2. The molecule has 0 spiro atoms. The third-order valence-corrected chi connectivity index (χ3v) is 4.28.